The first-order valence-corrected chi connectivity index (χ1v) is 9.50. The summed E-state index contributed by atoms with van der Waals surface area (Å²) < 4.78 is 0. The second kappa shape index (κ2) is 7.25. The largest absolute Gasteiger partial charge is 0.387 e. The van der Waals surface area contributed by atoms with Gasteiger partial charge in [0.05, 0.1) is 5.60 Å². The molecule has 5 nitrogen and oxygen atoms in total. The van der Waals surface area contributed by atoms with E-state index in [-0.39, 0.29) is 24.2 Å². The monoisotopic (exact) mass is 364 g/mol. The van der Waals surface area contributed by atoms with Crippen molar-refractivity contribution in [3.8, 4) is 11.1 Å². The Morgan fingerprint density at radius 3 is 2.11 bits per heavy atom. The van der Waals surface area contributed by atoms with Crippen LogP contribution < -0.4 is 10.6 Å². The van der Waals surface area contributed by atoms with Crippen molar-refractivity contribution in [2.24, 2.45) is 5.92 Å². The van der Waals surface area contributed by atoms with Gasteiger partial charge in [-0.3, -0.25) is 9.59 Å². The molecule has 1 amide bonds. The van der Waals surface area contributed by atoms with Crippen LogP contribution in [0.4, 0.5) is 0 Å². The molecule has 2 aromatic rings. The van der Waals surface area contributed by atoms with Crippen molar-refractivity contribution in [1.29, 1.82) is 0 Å². The molecule has 1 aliphatic carbocycles. The zero-order chi connectivity index (χ0) is 18.9. The van der Waals surface area contributed by atoms with Gasteiger partial charge < -0.3 is 15.7 Å². The molecule has 2 aromatic carbocycles. The highest BCUT2D eigenvalue weighted by molar-refractivity contribution is 5.99. The third kappa shape index (κ3) is 4.10. The molecule has 1 heterocycles. The van der Waals surface area contributed by atoms with E-state index in [1.807, 2.05) is 36.4 Å². The van der Waals surface area contributed by atoms with Crippen molar-refractivity contribution in [3.05, 3.63) is 59.7 Å². The molecule has 0 spiro atoms. The minimum Gasteiger partial charge on any atom is -0.387 e. The summed E-state index contributed by atoms with van der Waals surface area (Å²) in [5.74, 6) is 0.284. The highest BCUT2D eigenvalue weighted by Crippen LogP contribution is 2.33. The summed E-state index contributed by atoms with van der Waals surface area (Å²) in [4.78, 5) is 24.4. The second-order valence-electron chi connectivity index (χ2n) is 7.63. The fourth-order valence-electron chi connectivity index (χ4n) is 3.45. The Kier molecular flexibility index (Phi) is 4.81. The molecule has 1 aliphatic heterocycles. The van der Waals surface area contributed by atoms with Gasteiger partial charge in [-0.2, -0.15) is 0 Å². The van der Waals surface area contributed by atoms with Gasteiger partial charge in [0.1, 0.15) is 0 Å². The summed E-state index contributed by atoms with van der Waals surface area (Å²) in [5, 5.41) is 16.2. The maximum absolute atomic E-state index is 12.3. The number of nitrogens with one attached hydrogen (secondary N) is 2. The number of carbonyl (C=O) groups excluding carboxylic acids is 2. The van der Waals surface area contributed by atoms with Crippen LogP contribution >= 0.6 is 0 Å². The number of β-amino-alcohol motifs (C(OH)–C–C–N with tert-alkyl or cyclic N) is 1. The first-order chi connectivity index (χ1) is 13.0. The lowest BCUT2D eigenvalue weighted by atomic mass is 10.00. The van der Waals surface area contributed by atoms with E-state index in [4.69, 9.17) is 0 Å². The van der Waals surface area contributed by atoms with Gasteiger partial charge in [0.15, 0.2) is 5.78 Å². The van der Waals surface area contributed by atoms with Crippen molar-refractivity contribution in [2.45, 2.75) is 24.9 Å². The molecule has 1 saturated heterocycles. The molecule has 1 saturated carbocycles. The Morgan fingerprint density at radius 1 is 1.00 bits per heavy atom. The van der Waals surface area contributed by atoms with Crippen LogP contribution in [0.2, 0.25) is 0 Å². The highest BCUT2D eigenvalue weighted by Gasteiger charge is 2.31. The molecule has 3 N–H and O–H groups in total. The number of rotatable bonds is 6. The minimum atomic E-state index is -0.852. The smallest absolute Gasteiger partial charge is 0.251 e. The molecule has 27 heavy (non-hydrogen) atoms. The molecule has 0 unspecified atom stereocenters. The van der Waals surface area contributed by atoms with Crippen LogP contribution in [0.3, 0.4) is 0 Å². The third-order valence-corrected chi connectivity index (χ3v) is 5.40. The summed E-state index contributed by atoms with van der Waals surface area (Å²) >= 11 is 0. The lowest BCUT2D eigenvalue weighted by molar-refractivity contribution is 0.0562. The number of hydrogen-bond donors (Lipinski definition) is 3. The Labute approximate surface area is 158 Å². The van der Waals surface area contributed by atoms with Crippen molar-refractivity contribution in [1.82, 2.24) is 10.6 Å². The maximum Gasteiger partial charge on any atom is 0.251 e. The number of aliphatic hydroxyl groups is 1. The van der Waals surface area contributed by atoms with Crippen molar-refractivity contribution in [2.75, 3.05) is 19.6 Å². The fourth-order valence-corrected chi connectivity index (χ4v) is 3.45. The Bertz CT molecular complexity index is 833. The fraction of sp³-hybridized carbons (Fsp3) is 0.364. The van der Waals surface area contributed by atoms with Crippen molar-refractivity contribution >= 4 is 11.7 Å². The molecule has 2 aliphatic rings. The first-order valence-electron chi connectivity index (χ1n) is 9.50. The molecular weight excluding hydrogens is 340 g/mol. The van der Waals surface area contributed by atoms with E-state index in [2.05, 4.69) is 10.6 Å². The summed E-state index contributed by atoms with van der Waals surface area (Å²) in [6.45, 7) is 1.52. The Hall–Kier alpha value is -2.50. The third-order valence-electron chi connectivity index (χ3n) is 5.40. The predicted octanol–water partition coefficient (Wildman–Crippen LogP) is 2.40. The van der Waals surface area contributed by atoms with Gasteiger partial charge in [-0.15, -0.1) is 0 Å². The van der Waals surface area contributed by atoms with Gasteiger partial charge in [-0.25, -0.2) is 0 Å². The van der Waals surface area contributed by atoms with Crippen LogP contribution in [0, 0.1) is 5.92 Å². The molecule has 140 valence electrons. The normalized spacial score (nSPS) is 21.8. The molecule has 1 atom stereocenters. The molecule has 0 bridgehead atoms. The number of carbonyl (C=O) groups is 2. The average molecular weight is 364 g/mol. The van der Waals surface area contributed by atoms with Gasteiger partial charge >= 0.3 is 0 Å². The van der Waals surface area contributed by atoms with Crippen LogP contribution in [0.1, 0.15) is 40.0 Å². The molecule has 4 rings (SSSR count). The topological polar surface area (TPSA) is 78.4 Å². The standard InChI is InChI=1S/C22H24N2O3/c25-20(18-7-8-18)17-5-1-15(2-6-17)16-3-9-19(10-4-16)21(26)24-14-22(27)11-12-23-13-22/h1-6,9-10,18,23,27H,7-8,11-14H2,(H,24,26)/t22-/m1/s1. The molecule has 0 radical (unpaired) electrons. The Balaban J connectivity index is 1.39. The first kappa shape index (κ1) is 17.9. The quantitative estimate of drug-likeness (QED) is 0.688. The summed E-state index contributed by atoms with van der Waals surface area (Å²) in [6.07, 6.45) is 2.67. The van der Waals surface area contributed by atoms with Crippen molar-refractivity contribution < 1.29 is 14.7 Å². The van der Waals surface area contributed by atoms with E-state index >= 15 is 0 Å². The van der Waals surface area contributed by atoms with Crippen LogP contribution in [-0.2, 0) is 0 Å². The van der Waals surface area contributed by atoms with Gasteiger partial charge in [0.25, 0.3) is 5.91 Å². The summed E-state index contributed by atoms with van der Waals surface area (Å²) in [7, 11) is 0. The average Bonchev–Trinajstić information content (AvgIpc) is 3.47. The van der Waals surface area contributed by atoms with E-state index in [9.17, 15) is 14.7 Å². The zero-order valence-electron chi connectivity index (χ0n) is 15.2. The van der Waals surface area contributed by atoms with E-state index in [0.717, 1.165) is 36.1 Å². The lowest BCUT2D eigenvalue weighted by Crippen LogP contribution is -2.44. The van der Waals surface area contributed by atoms with E-state index in [0.29, 0.717) is 18.5 Å². The van der Waals surface area contributed by atoms with E-state index in [1.165, 1.54) is 0 Å². The van der Waals surface area contributed by atoms with Gasteiger partial charge in [0.2, 0.25) is 0 Å². The van der Waals surface area contributed by atoms with Crippen LogP contribution in [0.15, 0.2) is 48.5 Å². The van der Waals surface area contributed by atoms with Gasteiger partial charge in [-0.05, 0) is 49.1 Å². The number of Topliss-reactive ketones (excluding diaryl/α,β-unsaturated/α-hetero) is 1. The van der Waals surface area contributed by atoms with Gasteiger partial charge in [0, 0.05) is 30.1 Å². The predicted molar refractivity (Wildman–Crippen MR) is 104 cm³/mol. The Morgan fingerprint density at radius 2 is 1.59 bits per heavy atom. The number of benzene rings is 2. The van der Waals surface area contributed by atoms with Crippen LogP contribution in [-0.4, -0.2) is 42.0 Å². The lowest BCUT2D eigenvalue weighted by Gasteiger charge is -2.21. The van der Waals surface area contributed by atoms with Crippen LogP contribution in [0.25, 0.3) is 11.1 Å². The molecular formula is C22H24N2O3. The van der Waals surface area contributed by atoms with E-state index < -0.39 is 5.60 Å². The second-order valence-corrected chi connectivity index (χ2v) is 7.63. The number of amides is 1. The summed E-state index contributed by atoms with van der Waals surface area (Å²) in [5.41, 5.74) is 2.50. The zero-order valence-corrected chi connectivity index (χ0v) is 15.2. The molecule has 2 fully saturated rings. The highest BCUT2D eigenvalue weighted by atomic mass is 16.3. The SMILES string of the molecule is O=C(NC[C@@]1(O)CCNC1)c1ccc(-c2ccc(C(=O)C3CC3)cc2)cc1. The molecule has 0 aromatic heterocycles. The number of hydrogen-bond acceptors (Lipinski definition) is 4. The van der Waals surface area contributed by atoms with Gasteiger partial charge in [-0.1, -0.05) is 36.4 Å². The maximum atomic E-state index is 12.3. The molecule has 5 heteroatoms. The number of ketones is 1. The summed E-state index contributed by atoms with van der Waals surface area (Å²) in [6, 6.07) is 15.0. The van der Waals surface area contributed by atoms with Crippen LogP contribution in [0.5, 0.6) is 0 Å². The minimum absolute atomic E-state index is 0.188. The van der Waals surface area contributed by atoms with Crippen molar-refractivity contribution in [3.63, 3.8) is 0 Å². The van der Waals surface area contributed by atoms with E-state index in [1.54, 1.807) is 12.1 Å².